The highest BCUT2D eigenvalue weighted by Gasteiger charge is 2.59. The van der Waals surface area contributed by atoms with Crippen molar-refractivity contribution in [2.75, 3.05) is 33.4 Å². The Balaban J connectivity index is 1.51. The average molecular weight is 252 g/mol. The van der Waals surface area contributed by atoms with Gasteiger partial charge in [0.15, 0.2) is 0 Å². The first-order chi connectivity index (χ1) is 8.66. The quantitative estimate of drug-likeness (QED) is 0.753. The minimum absolute atomic E-state index is 0.00309. The van der Waals surface area contributed by atoms with Crippen LogP contribution in [0.2, 0.25) is 0 Å². The van der Waals surface area contributed by atoms with E-state index in [9.17, 15) is 9.59 Å². The van der Waals surface area contributed by atoms with E-state index in [1.54, 1.807) is 7.05 Å². The number of nitrogens with zero attached hydrogens (tertiary/aromatic N) is 1. The maximum atomic E-state index is 12.3. The lowest BCUT2D eigenvalue weighted by molar-refractivity contribution is -0.144. The predicted molar refractivity (Wildman–Crippen MR) is 64.7 cm³/mol. The molecule has 2 amide bonds. The largest absolute Gasteiger partial charge is 0.381 e. The highest BCUT2D eigenvalue weighted by molar-refractivity contribution is 5.87. The summed E-state index contributed by atoms with van der Waals surface area (Å²) in [6.07, 6.45) is 3.07. The maximum Gasteiger partial charge on any atom is 0.226 e. The van der Waals surface area contributed by atoms with Gasteiger partial charge in [0.25, 0.3) is 0 Å². The van der Waals surface area contributed by atoms with Crippen LogP contribution in [0.3, 0.4) is 0 Å². The van der Waals surface area contributed by atoms with Gasteiger partial charge in [0.2, 0.25) is 11.8 Å². The summed E-state index contributed by atoms with van der Waals surface area (Å²) in [5, 5.41) is 2.63. The molecular weight excluding hydrogens is 232 g/mol. The second-order valence-electron chi connectivity index (χ2n) is 5.79. The number of carbonyl (C=O) groups is 2. The molecule has 1 N–H and O–H groups in total. The van der Waals surface area contributed by atoms with Gasteiger partial charge in [0, 0.05) is 39.3 Å². The molecule has 1 spiro atoms. The third-order valence-corrected chi connectivity index (χ3v) is 4.79. The van der Waals surface area contributed by atoms with Gasteiger partial charge in [-0.1, -0.05) is 0 Å². The van der Waals surface area contributed by atoms with Crippen molar-refractivity contribution in [2.24, 2.45) is 17.3 Å². The van der Waals surface area contributed by atoms with Crippen LogP contribution in [0.25, 0.3) is 0 Å². The van der Waals surface area contributed by atoms with E-state index in [0.29, 0.717) is 13.1 Å². The van der Waals surface area contributed by atoms with E-state index < -0.39 is 0 Å². The number of hydrogen-bond acceptors (Lipinski definition) is 3. The lowest BCUT2D eigenvalue weighted by atomic mass is 9.92. The molecular formula is C13H20N2O3. The Kier molecular flexibility index (Phi) is 2.81. The zero-order chi connectivity index (χ0) is 12.8. The van der Waals surface area contributed by atoms with Crippen molar-refractivity contribution in [3.63, 3.8) is 0 Å². The number of nitrogens with one attached hydrogen (secondary N) is 1. The summed E-state index contributed by atoms with van der Waals surface area (Å²) < 4.78 is 5.36. The molecule has 0 bridgehead atoms. The van der Waals surface area contributed by atoms with Crippen molar-refractivity contribution in [2.45, 2.75) is 19.3 Å². The number of hydrogen-bond donors (Lipinski definition) is 1. The van der Waals surface area contributed by atoms with Crippen LogP contribution in [0.15, 0.2) is 0 Å². The maximum absolute atomic E-state index is 12.3. The number of rotatable bonds is 2. The number of likely N-dealkylation sites (tertiary alicyclic amines) is 1. The van der Waals surface area contributed by atoms with E-state index in [0.717, 1.165) is 32.5 Å². The minimum atomic E-state index is 0.00309. The van der Waals surface area contributed by atoms with Crippen molar-refractivity contribution < 1.29 is 14.3 Å². The van der Waals surface area contributed by atoms with Gasteiger partial charge < -0.3 is 15.0 Å². The fraction of sp³-hybridized carbons (Fsp3) is 0.846. The Labute approximate surface area is 107 Å². The molecule has 5 heteroatoms. The van der Waals surface area contributed by atoms with Crippen molar-refractivity contribution in [3.05, 3.63) is 0 Å². The van der Waals surface area contributed by atoms with Crippen molar-refractivity contribution in [1.82, 2.24) is 10.2 Å². The van der Waals surface area contributed by atoms with E-state index in [1.807, 2.05) is 4.90 Å². The molecule has 3 aliphatic rings. The molecule has 2 aliphatic heterocycles. The molecule has 1 unspecified atom stereocenters. The second-order valence-corrected chi connectivity index (χ2v) is 5.79. The van der Waals surface area contributed by atoms with Crippen molar-refractivity contribution in [1.29, 1.82) is 0 Å². The fourth-order valence-electron chi connectivity index (χ4n) is 3.28. The van der Waals surface area contributed by atoms with Gasteiger partial charge in [-0.25, -0.2) is 0 Å². The van der Waals surface area contributed by atoms with Crippen molar-refractivity contribution in [3.8, 4) is 0 Å². The molecule has 0 aromatic carbocycles. The summed E-state index contributed by atoms with van der Waals surface area (Å²) in [5.74, 6) is 0.517. The Hall–Kier alpha value is -1.10. The van der Waals surface area contributed by atoms with Gasteiger partial charge in [-0.3, -0.25) is 9.59 Å². The van der Waals surface area contributed by atoms with E-state index in [2.05, 4.69) is 5.32 Å². The van der Waals surface area contributed by atoms with Gasteiger partial charge in [-0.05, 0) is 24.7 Å². The summed E-state index contributed by atoms with van der Waals surface area (Å²) >= 11 is 0. The lowest BCUT2D eigenvalue weighted by Crippen LogP contribution is -2.56. The number of amides is 2. The standard InChI is InChI=1S/C13H20N2O3/c1-14-11(16)9-7-15(8-9)12(17)10-6-13(10)2-4-18-5-3-13/h9-10H,2-8H2,1H3,(H,14,16). The summed E-state index contributed by atoms with van der Waals surface area (Å²) in [7, 11) is 1.64. The normalized spacial score (nSPS) is 29.8. The molecule has 0 aromatic rings. The van der Waals surface area contributed by atoms with E-state index in [4.69, 9.17) is 4.74 Å². The Morgan fingerprint density at radius 2 is 1.94 bits per heavy atom. The molecule has 3 rings (SSSR count). The molecule has 1 saturated carbocycles. The molecule has 1 aliphatic carbocycles. The first-order valence-corrected chi connectivity index (χ1v) is 6.74. The SMILES string of the molecule is CNC(=O)C1CN(C(=O)C2CC23CCOCC3)C1. The highest BCUT2D eigenvalue weighted by atomic mass is 16.5. The minimum Gasteiger partial charge on any atom is -0.381 e. The van der Waals surface area contributed by atoms with Crippen LogP contribution in [0.5, 0.6) is 0 Å². The van der Waals surface area contributed by atoms with Gasteiger partial charge in [0.1, 0.15) is 0 Å². The van der Waals surface area contributed by atoms with Crippen LogP contribution in [0.4, 0.5) is 0 Å². The number of ether oxygens (including phenoxy) is 1. The topological polar surface area (TPSA) is 58.6 Å². The van der Waals surface area contributed by atoms with Gasteiger partial charge in [-0.2, -0.15) is 0 Å². The van der Waals surface area contributed by atoms with E-state index >= 15 is 0 Å². The lowest BCUT2D eigenvalue weighted by Gasteiger charge is -2.38. The molecule has 18 heavy (non-hydrogen) atoms. The van der Waals surface area contributed by atoms with E-state index in [1.165, 1.54) is 0 Å². The molecule has 2 saturated heterocycles. The molecule has 1 atom stereocenters. The zero-order valence-electron chi connectivity index (χ0n) is 10.8. The average Bonchev–Trinajstić information content (AvgIpc) is 3.01. The zero-order valence-corrected chi connectivity index (χ0v) is 10.8. The highest BCUT2D eigenvalue weighted by Crippen LogP contribution is 2.60. The smallest absolute Gasteiger partial charge is 0.226 e. The van der Waals surface area contributed by atoms with Crippen LogP contribution >= 0.6 is 0 Å². The summed E-state index contributed by atoms with van der Waals surface area (Å²) in [6, 6.07) is 0. The van der Waals surface area contributed by atoms with Gasteiger partial charge in [0.05, 0.1) is 5.92 Å². The molecule has 3 fully saturated rings. The second kappa shape index (κ2) is 4.23. The van der Waals surface area contributed by atoms with Gasteiger partial charge in [-0.15, -0.1) is 0 Å². The van der Waals surface area contributed by atoms with Crippen LogP contribution < -0.4 is 5.32 Å². The number of carbonyl (C=O) groups excluding carboxylic acids is 2. The summed E-state index contributed by atoms with van der Waals surface area (Å²) in [6.45, 7) is 2.79. The van der Waals surface area contributed by atoms with Gasteiger partial charge >= 0.3 is 0 Å². The summed E-state index contributed by atoms with van der Waals surface area (Å²) in [4.78, 5) is 25.5. The fourth-order valence-corrected chi connectivity index (χ4v) is 3.28. The van der Waals surface area contributed by atoms with Crippen LogP contribution in [-0.2, 0) is 14.3 Å². The molecule has 0 aromatic heterocycles. The first-order valence-electron chi connectivity index (χ1n) is 6.74. The summed E-state index contributed by atoms with van der Waals surface area (Å²) in [5.41, 5.74) is 0.243. The van der Waals surface area contributed by atoms with Crippen LogP contribution in [0, 0.1) is 17.3 Å². The third kappa shape index (κ3) is 1.81. The Morgan fingerprint density at radius 1 is 1.28 bits per heavy atom. The molecule has 0 radical (unpaired) electrons. The Morgan fingerprint density at radius 3 is 2.56 bits per heavy atom. The molecule has 100 valence electrons. The van der Waals surface area contributed by atoms with Crippen LogP contribution in [-0.4, -0.2) is 50.1 Å². The predicted octanol–water partition coefficient (Wildman–Crippen LogP) is 0.00750. The van der Waals surface area contributed by atoms with E-state index in [-0.39, 0.29) is 29.1 Å². The van der Waals surface area contributed by atoms with Crippen molar-refractivity contribution >= 4 is 11.8 Å². The molecule has 5 nitrogen and oxygen atoms in total. The Bertz CT molecular complexity index is 370. The first kappa shape index (κ1) is 12.0. The third-order valence-electron chi connectivity index (χ3n) is 4.79. The van der Waals surface area contributed by atoms with Crippen LogP contribution in [0.1, 0.15) is 19.3 Å². The molecule has 2 heterocycles. The monoisotopic (exact) mass is 252 g/mol.